The lowest BCUT2D eigenvalue weighted by Gasteiger charge is -2.17. The zero-order valence-corrected chi connectivity index (χ0v) is 6.32. The molecule has 1 nitrogen and oxygen atoms in total. The Kier molecular flexibility index (Phi) is 2.42. The topological polar surface area (TPSA) is 9.23 Å². The molecule has 66 valence electrons. The van der Waals surface area contributed by atoms with Gasteiger partial charge in [0.2, 0.25) is 0 Å². The molecule has 0 N–H and O–H groups in total. The third-order valence-electron chi connectivity index (χ3n) is 2.07. The van der Waals surface area contributed by atoms with Gasteiger partial charge in [-0.25, -0.2) is 0 Å². The third-order valence-corrected chi connectivity index (χ3v) is 2.07. The number of alkyl halides is 3. The molecule has 1 saturated carbocycles. The minimum absolute atomic E-state index is 0.0524. The molecule has 0 amide bonds. The van der Waals surface area contributed by atoms with E-state index >= 15 is 0 Å². The summed E-state index contributed by atoms with van der Waals surface area (Å²) in [4.78, 5) is 0. The third kappa shape index (κ3) is 2.69. The second-order valence-electron chi connectivity index (χ2n) is 3.01. The van der Waals surface area contributed by atoms with Crippen LogP contribution in [0.3, 0.4) is 0 Å². The van der Waals surface area contributed by atoms with Crippen LogP contribution in [0.4, 0.5) is 13.2 Å². The van der Waals surface area contributed by atoms with Crippen molar-refractivity contribution in [1.29, 1.82) is 0 Å². The van der Waals surface area contributed by atoms with E-state index in [1.807, 2.05) is 0 Å². The Labute approximate surface area is 63.5 Å². The van der Waals surface area contributed by atoms with Gasteiger partial charge in [0.25, 0.3) is 0 Å². The Morgan fingerprint density at radius 2 is 1.91 bits per heavy atom. The molecule has 0 aromatic heterocycles. The highest BCUT2D eigenvalue weighted by molar-refractivity contribution is 4.74. The molecule has 1 fully saturated rings. The lowest BCUT2D eigenvalue weighted by atomic mass is 10.1. The number of halogens is 3. The van der Waals surface area contributed by atoms with Gasteiger partial charge in [0.1, 0.15) is 0 Å². The van der Waals surface area contributed by atoms with Gasteiger partial charge in [0, 0.05) is 0 Å². The van der Waals surface area contributed by atoms with Crippen LogP contribution in [0.5, 0.6) is 0 Å². The molecular weight excluding hydrogens is 157 g/mol. The van der Waals surface area contributed by atoms with Crippen molar-refractivity contribution >= 4 is 0 Å². The van der Waals surface area contributed by atoms with Gasteiger partial charge < -0.3 is 0 Å². The monoisotopic (exact) mass is 168 g/mol. The lowest BCUT2D eigenvalue weighted by Crippen LogP contribution is -2.25. The molecule has 2 atom stereocenters. The van der Waals surface area contributed by atoms with Crippen LogP contribution in [0.1, 0.15) is 26.2 Å². The largest absolute Gasteiger partial charge is 0.522 e. The van der Waals surface area contributed by atoms with E-state index in [1.165, 1.54) is 0 Å². The van der Waals surface area contributed by atoms with Crippen molar-refractivity contribution < 1.29 is 17.9 Å². The van der Waals surface area contributed by atoms with Crippen LogP contribution in [0, 0.1) is 5.92 Å². The second kappa shape index (κ2) is 3.01. The predicted octanol–water partition coefficient (Wildman–Crippen LogP) is 2.71. The molecule has 0 spiro atoms. The van der Waals surface area contributed by atoms with Gasteiger partial charge in [-0.3, -0.25) is 4.74 Å². The summed E-state index contributed by atoms with van der Waals surface area (Å²) in [5.41, 5.74) is 0. The number of hydrogen-bond donors (Lipinski definition) is 0. The molecule has 11 heavy (non-hydrogen) atoms. The standard InChI is InChI=1S/C7H11F3O/c1-5-3-2-4-6(5)11-7(8,9)10/h5-6H,2-4H2,1H3/t5-,6-/m1/s1. The predicted molar refractivity (Wildman–Crippen MR) is 33.9 cm³/mol. The molecule has 0 aliphatic heterocycles. The summed E-state index contributed by atoms with van der Waals surface area (Å²) in [5, 5.41) is 0. The molecule has 1 rings (SSSR count). The maximum Gasteiger partial charge on any atom is 0.522 e. The van der Waals surface area contributed by atoms with Crippen LogP contribution >= 0.6 is 0 Å². The molecule has 0 heterocycles. The summed E-state index contributed by atoms with van der Waals surface area (Å²) in [7, 11) is 0. The smallest absolute Gasteiger partial charge is 0.288 e. The fraction of sp³-hybridized carbons (Fsp3) is 1.00. The Bertz CT molecular complexity index is 132. The summed E-state index contributed by atoms with van der Waals surface area (Å²) in [6, 6.07) is 0. The molecule has 0 aromatic carbocycles. The van der Waals surface area contributed by atoms with Gasteiger partial charge in [-0.2, -0.15) is 0 Å². The first-order chi connectivity index (χ1) is 4.99. The quantitative estimate of drug-likeness (QED) is 0.585. The van der Waals surface area contributed by atoms with Crippen LogP contribution in [-0.2, 0) is 4.74 Å². The molecule has 0 bridgehead atoms. The van der Waals surface area contributed by atoms with Crippen molar-refractivity contribution in [2.75, 3.05) is 0 Å². The first-order valence-corrected chi connectivity index (χ1v) is 3.73. The minimum Gasteiger partial charge on any atom is -0.288 e. The summed E-state index contributed by atoms with van der Waals surface area (Å²) < 4.78 is 38.9. The summed E-state index contributed by atoms with van der Waals surface area (Å²) in [5.74, 6) is 0.0524. The molecule has 0 radical (unpaired) electrons. The van der Waals surface area contributed by atoms with Crippen molar-refractivity contribution in [2.45, 2.75) is 38.7 Å². The Morgan fingerprint density at radius 3 is 2.27 bits per heavy atom. The van der Waals surface area contributed by atoms with Crippen LogP contribution < -0.4 is 0 Å². The second-order valence-corrected chi connectivity index (χ2v) is 3.01. The zero-order chi connectivity index (χ0) is 8.48. The first kappa shape index (κ1) is 8.84. The number of rotatable bonds is 1. The number of hydrogen-bond acceptors (Lipinski definition) is 1. The summed E-state index contributed by atoms with van der Waals surface area (Å²) >= 11 is 0. The molecule has 0 aromatic rings. The maximum absolute atomic E-state index is 11.7. The fourth-order valence-electron chi connectivity index (χ4n) is 1.46. The van der Waals surface area contributed by atoms with Crippen molar-refractivity contribution in [3.8, 4) is 0 Å². The molecule has 0 saturated heterocycles. The van der Waals surface area contributed by atoms with E-state index in [-0.39, 0.29) is 5.92 Å². The number of ether oxygens (including phenoxy) is 1. The SMILES string of the molecule is C[C@@H]1CCC[C@H]1OC(F)(F)F. The van der Waals surface area contributed by atoms with Crippen molar-refractivity contribution in [1.82, 2.24) is 0 Å². The highest BCUT2D eigenvalue weighted by Crippen LogP contribution is 2.32. The van der Waals surface area contributed by atoms with Gasteiger partial charge >= 0.3 is 6.36 Å². The average Bonchev–Trinajstić information content (AvgIpc) is 2.12. The highest BCUT2D eigenvalue weighted by Gasteiger charge is 2.37. The first-order valence-electron chi connectivity index (χ1n) is 3.73. The molecule has 1 aliphatic carbocycles. The normalized spacial score (nSPS) is 32.7. The Hall–Kier alpha value is -0.250. The van der Waals surface area contributed by atoms with E-state index in [0.29, 0.717) is 6.42 Å². The van der Waals surface area contributed by atoms with E-state index in [1.54, 1.807) is 6.92 Å². The molecule has 4 heteroatoms. The van der Waals surface area contributed by atoms with Crippen LogP contribution in [0.25, 0.3) is 0 Å². The van der Waals surface area contributed by atoms with Gasteiger partial charge in [-0.15, -0.1) is 13.2 Å². The highest BCUT2D eigenvalue weighted by atomic mass is 19.4. The lowest BCUT2D eigenvalue weighted by molar-refractivity contribution is -0.345. The van der Waals surface area contributed by atoms with Gasteiger partial charge in [-0.1, -0.05) is 13.3 Å². The van der Waals surface area contributed by atoms with E-state index in [2.05, 4.69) is 4.74 Å². The van der Waals surface area contributed by atoms with Crippen LogP contribution in [0.2, 0.25) is 0 Å². The van der Waals surface area contributed by atoms with Gasteiger partial charge in [0.15, 0.2) is 0 Å². The molecule has 1 aliphatic rings. The zero-order valence-electron chi connectivity index (χ0n) is 6.32. The maximum atomic E-state index is 11.7. The van der Waals surface area contributed by atoms with E-state index in [4.69, 9.17) is 0 Å². The van der Waals surface area contributed by atoms with E-state index < -0.39 is 12.5 Å². The summed E-state index contributed by atoms with van der Waals surface area (Å²) in [6.45, 7) is 1.80. The Balaban J connectivity index is 2.37. The van der Waals surface area contributed by atoms with E-state index in [0.717, 1.165) is 12.8 Å². The minimum atomic E-state index is -4.46. The van der Waals surface area contributed by atoms with E-state index in [9.17, 15) is 13.2 Å². The fourth-order valence-corrected chi connectivity index (χ4v) is 1.46. The van der Waals surface area contributed by atoms with Crippen LogP contribution in [0.15, 0.2) is 0 Å². The average molecular weight is 168 g/mol. The molecule has 0 unspecified atom stereocenters. The van der Waals surface area contributed by atoms with Crippen LogP contribution in [-0.4, -0.2) is 12.5 Å². The van der Waals surface area contributed by atoms with Gasteiger partial charge in [0.05, 0.1) is 6.10 Å². The molecular formula is C7H11F3O. The van der Waals surface area contributed by atoms with Crippen molar-refractivity contribution in [3.05, 3.63) is 0 Å². The van der Waals surface area contributed by atoms with Crippen molar-refractivity contribution in [3.63, 3.8) is 0 Å². The van der Waals surface area contributed by atoms with Gasteiger partial charge in [-0.05, 0) is 18.8 Å². The Morgan fingerprint density at radius 1 is 1.27 bits per heavy atom. The van der Waals surface area contributed by atoms with Crippen molar-refractivity contribution in [2.24, 2.45) is 5.92 Å². The summed E-state index contributed by atoms with van der Waals surface area (Å²) in [6.07, 6.45) is -2.82.